The Kier molecular flexibility index (Phi) is 6.94. The first kappa shape index (κ1) is 15.7. The number of nitrogens with zero attached hydrogens (tertiary/aromatic N) is 1. The van der Waals surface area contributed by atoms with E-state index in [0.29, 0.717) is 6.54 Å². The van der Waals surface area contributed by atoms with Crippen LogP contribution in [0.1, 0.15) is 20.8 Å². The summed E-state index contributed by atoms with van der Waals surface area (Å²) >= 11 is 0. The number of aliphatic hydroxyl groups is 1. The molecule has 1 atom stereocenters. The molecule has 0 saturated carbocycles. The molecule has 0 spiro atoms. The maximum absolute atomic E-state index is 12.1. The monoisotopic (exact) mass is 242 g/mol. The summed E-state index contributed by atoms with van der Waals surface area (Å²) < 4.78 is 36.4. The summed E-state index contributed by atoms with van der Waals surface area (Å²) in [5.41, 5.74) is 0. The van der Waals surface area contributed by atoms with Crippen LogP contribution in [0.5, 0.6) is 0 Å². The van der Waals surface area contributed by atoms with Crippen LogP contribution in [0.2, 0.25) is 0 Å². The Morgan fingerprint density at radius 3 is 2.25 bits per heavy atom. The lowest BCUT2D eigenvalue weighted by atomic mass is 10.3. The molecule has 0 radical (unpaired) electrons. The zero-order chi connectivity index (χ0) is 12.8. The maximum Gasteiger partial charge on any atom is 0.401 e. The first-order valence-corrected chi connectivity index (χ1v) is 5.45. The van der Waals surface area contributed by atoms with Gasteiger partial charge in [-0.05, 0) is 6.54 Å². The van der Waals surface area contributed by atoms with Gasteiger partial charge in [0.2, 0.25) is 0 Å². The van der Waals surface area contributed by atoms with E-state index in [1.165, 1.54) is 4.90 Å². The highest BCUT2D eigenvalue weighted by Crippen LogP contribution is 2.16. The van der Waals surface area contributed by atoms with Crippen molar-refractivity contribution in [2.24, 2.45) is 0 Å². The van der Waals surface area contributed by atoms with Crippen molar-refractivity contribution in [3.05, 3.63) is 0 Å². The van der Waals surface area contributed by atoms with Gasteiger partial charge in [-0.25, -0.2) is 0 Å². The van der Waals surface area contributed by atoms with Gasteiger partial charge < -0.3 is 10.4 Å². The van der Waals surface area contributed by atoms with Crippen molar-refractivity contribution in [2.75, 3.05) is 26.2 Å². The highest BCUT2D eigenvalue weighted by atomic mass is 19.4. The van der Waals surface area contributed by atoms with Crippen molar-refractivity contribution in [3.8, 4) is 0 Å². The van der Waals surface area contributed by atoms with E-state index < -0.39 is 18.8 Å². The summed E-state index contributed by atoms with van der Waals surface area (Å²) in [5, 5.41) is 12.5. The van der Waals surface area contributed by atoms with Gasteiger partial charge in [0.05, 0.1) is 12.6 Å². The summed E-state index contributed by atoms with van der Waals surface area (Å²) in [6.07, 6.45) is -4.98. The summed E-state index contributed by atoms with van der Waals surface area (Å²) in [6.45, 7) is 5.14. The van der Waals surface area contributed by atoms with Gasteiger partial charge >= 0.3 is 6.18 Å². The molecule has 0 aliphatic heterocycles. The molecular formula is C10H21F3N2O. The Labute approximate surface area is 94.6 Å². The Morgan fingerprint density at radius 2 is 1.88 bits per heavy atom. The van der Waals surface area contributed by atoms with Crippen molar-refractivity contribution < 1.29 is 18.3 Å². The number of aliphatic hydroxyl groups excluding tert-OH is 1. The van der Waals surface area contributed by atoms with E-state index in [1.807, 2.05) is 13.8 Å². The molecule has 6 heteroatoms. The van der Waals surface area contributed by atoms with Crippen molar-refractivity contribution in [1.29, 1.82) is 0 Å². The molecule has 0 fully saturated rings. The predicted octanol–water partition coefficient (Wildman–Crippen LogP) is 1.23. The zero-order valence-corrected chi connectivity index (χ0v) is 10.0. The number of nitrogens with one attached hydrogen (secondary N) is 1. The van der Waals surface area contributed by atoms with E-state index in [2.05, 4.69) is 5.32 Å². The van der Waals surface area contributed by atoms with E-state index >= 15 is 0 Å². The molecule has 0 aromatic carbocycles. The van der Waals surface area contributed by atoms with Crippen molar-refractivity contribution in [2.45, 2.75) is 39.1 Å². The molecule has 0 aromatic rings. The maximum atomic E-state index is 12.1. The van der Waals surface area contributed by atoms with Gasteiger partial charge in [0.1, 0.15) is 0 Å². The molecule has 0 saturated heterocycles. The van der Waals surface area contributed by atoms with E-state index in [0.717, 1.165) is 0 Å². The largest absolute Gasteiger partial charge is 0.401 e. The van der Waals surface area contributed by atoms with Gasteiger partial charge in [0, 0.05) is 19.1 Å². The molecule has 0 heterocycles. The minimum atomic E-state index is -4.21. The summed E-state index contributed by atoms with van der Waals surface area (Å²) in [6, 6.07) is 0.215. The van der Waals surface area contributed by atoms with Crippen LogP contribution in [0, 0.1) is 0 Å². The number of hydrogen-bond donors (Lipinski definition) is 2. The van der Waals surface area contributed by atoms with Crippen LogP contribution >= 0.6 is 0 Å². The van der Waals surface area contributed by atoms with Crippen LogP contribution in [0.25, 0.3) is 0 Å². The van der Waals surface area contributed by atoms with Gasteiger partial charge in [-0.3, -0.25) is 4.90 Å². The van der Waals surface area contributed by atoms with Crippen molar-refractivity contribution >= 4 is 0 Å². The summed E-state index contributed by atoms with van der Waals surface area (Å²) in [4.78, 5) is 1.19. The quantitative estimate of drug-likeness (QED) is 0.705. The molecule has 0 aliphatic rings. The Balaban J connectivity index is 3.92. The second-order valence-corrected chi connectivity index (χ2v) is 4.16. The molecule has 0 bridgehead atoms. The molecule has 0 aliphatic carbocycles. The average molecular weight is 242 g/mol. The first-order valence-electron chi connectivity index (χ1n) is 5.45. The highest BCUT2D eigenvalue weighted by Gasteiger charge is 2.30. The molecule has 2 N–H and O–H groups in total. The predicted molar refractivity (Wildman–Crippen MR) is 57.3 cm³/mol. The molecule has 3 nitrogen and oxygen atoms in total. The Morgan fingerprint density at radius 1 is 1.31 bits per heavy atom. The first-order chi connectivity index (χ1) is 7.24. The highest BCUT2D eigenvalue weighted by molar-refractivity contribution is 4.69. The lowest BCUT2D eigenvalue weighted by Crippen LogP contribution is -2.43. The minimum absolute atomic E-state index is 0.0374. The smallest absolute Gasteiger partial charge is 0.390 e. The molecule has 0 amide bonds. The van der Waals surface area contributed by atoms with Gasteiger partial charge in [-0.2, -0.15) is 13.2 Å². The van der Waals surface area contributed by atoms with Gasteiger partial charge in [-0.1, -0.05) is 20.8 Å². The molecule has 16 heavy (non-hydrogen) atoms. The van der Waals surface area contributed by atoms with E-state index in [-0.39, 0.29) is 19.1 Å². The lowest BCUT2D eigenvalue weighted by Gasteiger charge is -2.25. The molecular weight excluding hydrogens is 221 g/mol. The second-order valence-electron chi connectivity index (χ2n) is 4.16. The zero-order valence-electron chi connectivity index (χ0n) is 10.0. The third kappa shape index (κ3) is 8.94. The van der Waals surface area contributed by atoms with Gasteiger partial charge in [0.15, 0.2) is 0 Å². The number of likely N-dealkylation sites (N-methyl/N-ethyl adjacent to an activating group) is 1. The summed E-state index contributed by atoms with van der Waals surface area (Å²) in [7, 11) is 0. The van der Waals surface area contributed by atoms with Crippen molar-refractivity contribution in [1.82, 2.24) is 10.2 Å². The fourth-order valence-electron chi connectivity index (χ4n) is 1.29. The van der Waals surface area contributed by atoms with Gasteiger partial charge in [0.25, 0.3) is 0 Å². The van der Waals surface area contributed by atoms with Crippen molar-refractivity contribution in [3.63, 3.8) is 0 Å². The molecule has 0 rings (SSSR count). The Bertz CT molecular complexity index is 185. The normalized spacial score (nSPS) is 14.8. The van der Waals surface area contributed by atoms with Gasteiger partial charge in [-0.15, -0.1) is 0 Å². The number of hydrogen-bond acceptors (Lipinski definition) is 3. The average Bonchev–Trinajstić information content (AvgIpc) is 2.11. The molecule has 1 unspecified atom stereocenters. The number of rotatable bonds is 7. The topological polar surface area (TPSA) is 35.5 Å². The third-order valence-electron chi connectivity index (χ3n) is 2.08. The number of alkyl halides is 3. The lowest BCUT2D eigenvalue weighted by molar-refractivity contribution is -0.147. The Hall–Kier alpha value is -0.330. The fourth-order valence-corrected chi connectivity index (χ4v) is 1.29. The van der Waals surface area contributed by atoms with Crippen LogP contribution in [0.15, 0.2) is 0 Å². The number of halogens is 3. The van der Waals surface area contributed by atoms with Crippen LogP contribution in [0.3, 0.4) is 0 Å². The van der Waals surface area contributed by atoms with E-state index in [9.17, 15) is 18.3 Å². The SMILES string of the molecule is CCN(CC(O)CNC(C)C)CC(F)(F)F. The third-order valence-corrected chi connectivity index (χ3v) is 2.08. The fraction of sp³-hybridized carbons (Fsp3) is 1.00. The van der Waals surface area contributed by atoms with Crippen LogP contribution in [0.4, 0.5) is 13.2 Å². The van der Waals surface area contributed by atoms with Crippen LogP contribution in [-0.4, -0.2) is 54.5 Å². The second kappa shape index (κ2) is 7.09. The minimum Gasteiger partial charge on any atom is -0.390 e. The molecule has 98 valence electrons. The summed E-state index contributed by atoms with van der Waals surface area (Å²) in [5.74, 6) is 0. The molecule has 0 aromatic heterocycles. The van der Waals surface area contributed by atoms with E-state index in [1.54, 1.807) is 6.92 Å². The van der Waals surface area contributed by atoms with Crippen LogP contribution < -0.4 is 5.32 Å². The van der Waals surface area contributed by atoms with E-state index in [4.69, 9.17) is 0 Å². The standard InChI is InChI=1S/C10H21F3N2O/c1-4-15(7-10(11,12)13)6-9(16)5-14-8(2)3/h8-9,14,16H,4-7H2,1-3H3. The van der Waals surface area contributed by atoms with Crippen LogP contribution in [-0.2, 0) is 0 Å².